The second-order valence-electron chi connectivity index (χ2n) is 7.86. The minimum absolute atomic E-state index is 0.146. The van der Waals surface area contributed by atoms with Crippen LogP contribution in [0, 0.1) is 0 Å². The van der Waals surface area contributed by atoms with Gasteiger partial charge in [0, 0.05) is 36.8 Å². The zero-order valence-electron chi connectivity index (χ0n) is 17.5. The number of ether oxygens (including phenoxy) is 2. The van der Waals surface area contributed by atoms with E-state index in [0.29, 0.717) is 44.0 Å². The monoisotopic (exact) mass is 378 g/mol. The molecule has 0 bridgehead atoms. The number of methoxy groups -OCH3 is 2. The van der Waals surface area contributed by atoms with Crippen molar-refractivity contribution in [3.63, 3.8) is 0 Å². The van der Waals surface area contributed by atoms with E-state index < -0.39 is 5.60 Å². The van der Waals surface area contributed by atoms with Crippen LogP contribution < -0.4 is 9.47 Å². The lowest BCUT2D eigenvalue weighted by molar-refractivity contribution is -0.137. The number of hydrogen-bond acceptors (Lipinski definition) is 5. The third-order valence-corrected chi connectivity index (χ3v) is 5.35. The smallest absolute Gasteiger partial charge is 0.237 e. The minimum atomic E-state index is -0.951. The van der Waals surface area contributed by atoms with Gasteiger partial charge in [-0.1, -0.05) is 0 Å². The van der Waals surface area contributed by atoms with Crippen LogP contribution in [-0.2, 0) is 10.4 Å². The van der Waals surface area contributed by atoms with Crippen molar-refractivity contribution < 1.29 is 19.4 Å². The lowest BCUT2D eigenvalue weighted by Crippen LogP contribution is -2.50. The summed E-state index contributed by atoms with van der Waals surface area (Å²) in [4.78, 5) is 16.7. The first kappa shape index (κ1) is 21.5. The zero-order chi connectivity index (χ0) is 20.2. The molecule has 27 heavy (non-hydrogen) atoms. The number of carbonyl (C=O) groups excluding carboxylic acids is 1. The van der Waals surface area contributed by atoms with Gasteiger partial charge in [0.25, 0.3) is 0 Å². The van der Waals surface area contributed by atoms with E-state index in [-0.39, 0.29) is 18.0 Å². The van der Waals surface area contributed by atoms with Crippen LogP contribution in [0.15, 0.2) is 18.2 Å². The van der Waals surface area contributed by atoms with Crippen molar-refractivity contribution >= 4 is 5.91 Å². The summed E-state index contributed by atoms with van der Waals surface area (Å²) in [6.07, 6.45) is 1.12. The number of amides is 1. The summed E-state index contributed by atoms with van der Waals surface area (Å²) < 4.78 is 10.7. The fourth-order valence-electron chi connectivity index (χ4n) is 3.98. The Labute approximate surface area is 163 Å². The summed E-state index contributed by atoms with van der Waals surface area (Å²) in [7, 11) is 3.21. The normalized spacial score (nSPS) is 17.2. The Morgan fingerprint density at radius 1 is 1.15 bits per heavy atom. The van der Waals surface area contributed by atoms with E-state index in [1.165, 1.54) is 0 Å². The number of benzene rings is 1. The summed E-state index contributed by atoms with van der Waals surface area (Å²) in [6.45, 7) is 9.91. The first-order valence-corrected chi connectivity index (χ1v) is 9.70. The number of nitrogens with zero attached hydrogens (tertiary/aromatic N) is 2. The molecule has 1 amide bonds. The molecule has 0 radical (unpaired) electrons. The molecule has 0 saturated carbocycles. The van der Waals surface area contributed by atoms with Gasteiger partial charge >= 0.3 is 0 Å². The highest BCUT2D eigenvalue weighted by atomic mass is 16.5. The molecular weight excluding hydrogens is 344 g/mol. The maximum Gasteiger partial charge on any atom is 0.237 e. The second-order valence-corrected chi connectivity index (χ2v) is 7.86. The summed E-state index contributed by atoms with van der Waals surface area (Å²) in [6, 6.07) is 5.88. The topological polar surface area (TPSA) is 62.2 Å². The molecule has 1 aliphatic rings. The van der Waals surface area contributed by atoms with E-state index in [1.807, 2.05) is 44.7 Å². The molecule has 1 fully saturated rings. The van der Waals surface area contributed by atoms with Crippen LogP contribution in [0.25, 0.3) is 0 Å². The molecule has 0 aliphatic carbocycles. The molecule has 1 aromatic rings. The lowest BCUT2D eigenvalue weighted by Gasteiger charge is -2.40. The highest BCUT2D eigenvalue weighted by Gasteiger charge is 2.37. The number of piperidine rings is 1. The average molecular weight is 379 g/mol. The van der Waals surface area contributed by atoms with Crippen molar-refractivity contribution in [3.8, 4) is 11.5 Å². The van der Waals surface area contributed by atoms with Crippen molar-refractivity contribution in [2.75, 3.05) is 33.9 Å². The van der Waals surface area contributed by atoms with Crippen molar-refractivity contribution in [2.24, 2.45) is 0 Å². The molecule has 1 aromatic carbocycles. The number of hydrogen-bond donors (Lipinski definition) is 1. The van der Waals surface area contributed by atoms with Gasteiger partial charge in [0.05, 0.1) is 26.4 Å². The highest BCUT2D eigenvalue weighted by Crippen LogP contribution is 2.39. The Bertz CT molecular complexity index is 629. The van der Waals surface area contributed by atoms with E-state index in [0.717, 1.165) is 5.56 Å². The second kappa shape index (κ2) is 8.93. The number of likely N-dealkylation sites (tertiary alicyclic amines) is 1. The van der Waals surface area contributed by atoms with Crippen LogP contribution in [0.3, 0.4) is 0 Å². The van der Waals surface area contributed by atoms with Gasteiger partial charge in [0.15, 0.2) is 0 Å². The maximum absolute atomic E-state index is 12.7. The minimum Gasteiger partial charge on any atom is -0.497 e. The average Bonchev–Trinajstić information content (AvgIpc) is 2.62. The molecule has 0 unspecified atom stereocenters. The van der Waals surface area contributed by atoms with Gasteiger partial charge in [-0.25, -0.2) is 0 Å². The highest BCUT2D eigenvalue weighted by molar-refractivity contribution is 5.78. The van der Waals surface area contributed by atoms with Gasteiger partial charge in [-0.15, -0.1) is 0 Å². The van der Waals surface area contributed by atoms with Gasteiger partial charge in [0.1, 0.15) is 11.5 Å². The van der Waals surface area contributed by atoms with E-state index in [9.17, 15) is 9.90 Å². The largest absolute Gasteiger partial charge is 0.497 e. The van der Waals surface area contributed by atoms with E-state index in [1.54, 1.807) is 20.3 Å². The number of aliphatic hydroxyl groups is 1. The van der Waals surface area contributed by atoms with Gasteiger partial charge in [0.2, 0.25) is 5.91 Å². The quantitative estimate of drug-likeness (QED) is 0.790. The summed E-state index contributed by atoms with van der Waals surface area (Å²) in [5, 5.41) is 11.2. The Morgan fingerprint density at radius 3 is 2.22 bits per heavy atom. The van der Waals surface area contributed by atoms with Gasteiger partial charge < -0.3 is 19.5 Å². The molecule has 1 saturated heterocycles. The lowest BCUT2D eigenvalue weighted by atomic mass is 9.83. The standard InChI is InChI=1S/C21H34N2O4/c1-15(2)23(16(3)4)20(24)14-22-11-9-21(25,10-12-22)18-8-7-17(26-5)13-19(18)27-6/h7-8,13,15-16,25H,9-12,14H2,1-6H3. The molecule has 6 nitrogen and oxygen atoms in total. The summed E-state index contributed by atoms with van der Waals surface area (Å²) in [5.74, 6) is 1.48. The molecule has 6 heteroatoms. The maximum atomic E-state index is 12.7. The molecule has 1 heterocycles. The van der Waals surface area contributed by atoms with Crippen molar-refractivity contribution in [2.45, 2.75) is 58.2 Å². The van der Waals surface area contributed by atoms with E-state index in [2.05, 4.69) is 4.90 Å². The van der Waals surface area contributed by atoms with Gasteiger partial charge in [-0.05, 0) is 52.7 Å². The fraction of sp³-hybridized carbons (Fsp3) is 0.667. The first-order chi connectivity index (χ1) is 12.7. The number of carbonyl (C=O) groups is 1. The first-order valence-electron chi connectivity index (χ1n) is 9.70. The molecule has 1 N–H and O–H groups in total. The van der Waals surface area contributed by atoms with E-state index in [4.69, 9.17) is 9.47 Å². The van der Waals surface area contributed by atoms with Gasteiger partial charge in [-0.3, -0.25) is 9.69 Å². The number of rotatable bonds is 7. The van der Waals surface area contributed by atoms with Gasteiger partial charge in [-0.2, -0.15) is 0 Å². The zero-order valence-corrected chi connectivity index (χ0v) is 17.5. The summed E-state index contributed by atoms with van der Waals surface area (Å²) >= 11 is 0. The van der Waals surface area contributed by atoms with Crippen LogP contribution in [0.1, 0.15) is 46.1 Å². The van der Waals surface area contributed by atoms with Crippen LogP contribution in [-0.4, -0.2) is 66.8 Å². The Balaban J connectivity index is 2.05. The predicted molar refractivity (Wildman–Crippen MR) is 106 cm³/mol. The SMILES string of the molecule is COc1ccc(C2(O)CCN(CC(=O)N(C(C)C)C(C)C)CC2)c(OC)c1. The Morgan fingerprint density at radius 2 is 1.74 bits per heavy atom. The molecule has 1 aliphatic heterocycles. The molecule has 0 aromatic heterocycles. The third-order valence-electron chi connectivity index (χ3n) is 5.35. The summed E-state index contributed by atoms with van der Waals surface area (Å²) in [5.41, 5.74) is -0.171. The predicted octanol–water partition coefficient (Wildman–Crippen LogP) is 2.63. The molecule has 152 valence electrons. The van der Waals surface area contributed by atoms with Crippen LogP contribution in [0.4, 0.5) is 0 Å². The van der Waals surface area contributed by atoms with E-state index >= 15 is 0 Å². The van der Waals surface area contributed by atoms with Crippen molar-refractivity contribution in [1.29, 1.82) is 0 Å². The Kier molecular flexibility index (Phi) is 7.12. The molecule has 0 spiro atoms. The van der Waals surface area contributed by atoms with Crippen LogP contribution >= 0.6 is 0 Å². The van der Waals surface area contributed by atoms with Crippen LogP contribution in [0.5, 0.6) is 11.5 Å². The molecule has 0 atom stereocenters. The third kappa shape index (κ3) is 4.93. The Hall–Kier alpha value is -1.79. The van der Waals surface area contributed by atoms with Crippen molar-refractivity contribution in [1.82, 2.24) is 9.80 Å². The molecular formula is C21H34N2O4. The molecule has 2 rings (SSSR count). The van der Waals surface area contributed by atoms with Crippen LogP contribution in [0.2, 0.25) is 0 Å². The van der Waals surface area contributed by atoms with Crippen molar-refractivity contribution in [3.05, 3.63) is 23.8 Å². The fourth-order valence-corrected chi connectivity index (χ4v) is 3.98.